The van der Waals surface area contributed by atoms with Crippen molar-refractivity contribution in [3.05, 3.63) is 35.5 Å². The van der Waals surface area contributed by atoms with Crippen molar-refractivity contribution in [2.75, 3.05) is 0 Å². The molecule has 3 aliphatic rings. The number of rotatable bonds is 6. The van der Waals surface area contributed by atoms with Crippen LogP contribution in [0.4, 0.5) is 4.39 Å². The molecule has 3 saturated carbocycles. The molecule has 2 N–H and O–H groups in total. The van der Waals surface area contributed by atoms with Crippen LogP contribution in [0.25, 0.3) is 0 Å². The van der Waals surface area contributed by atoms with E-state index in [2.05, 4.69) is 32.6 Å². The van der Waals surface area contributed by atoms with Crippen LogP contribution in [0.5, 0.6) is 0 Å². The Labute approximate surface area is 183 Å². The van der Waals surface area contributed by atoms with E-state index in [0.29, 0.717) is 24.7 Å². The molecule has 0 aliphatic heterocycles. The molecular formula is C27H43FO2. The SMILES string of the molecule is C=C1CC[C@H](O)C/C1=C/C=C1\CCC[C@]2(C)[C@@H]([C@H](C)[C@@H](F)CCC(C)(C)O)CC[C@@H]12. The summed E-state index contributed by atoms with van der Waals surface area (Å²) < 4.78 is 15.1. The van der Waals surface area contributed by atoms with Crippen LogP contribution in [-0.2, 0) is 0 Å². The third-order valence-electron chi connectivity index (χ3n) is 8.46. The number of aliphatic hydroxyl groups excluding tert-OH is 1. The number of alkyl halides is 1. The lowest BCUT2D eigenvalue weighted by molar-refractivity contribution is 0.0302. The van der Waals surface area contributed by atoms with Crippen molar-refractivity contribution >= 4 is 0 Å². The lowest BCUT2D eigenvalue weighted by atomic mass is 9.60. The van der Waals surface area contributed by atoms with Gasteiger partial charge in [0.05, 0.1) is 11.7 Å². The highest BCUT2D eigenvalue weighted by atomic mass is 19.1. The van der Waals surface area contributed by atoms with Gasteiger partial charge in [-0.05, 0) is 107 Å². The Bertz CT molecular complexity index is 685. The maximum atomic E-state index is 15.1. The van der Waals surface area contributed by atoms with Gasteiger partial charge in [-0.15, -0.1) is 0 Å². The number of fused-ring (bicyclic) bond motifs is 1. The Hall–Kier alpha value is -0.930. The highest BCUT2D eigenvalue weighted by molar-refractivity contribution is 5.36. The third kappa shape index (κ3) is 5.27. The van der Waals surface area contributed by atoms with Crippen molar-refractivity contribution in [1.82, 2.24) is 0 Å². The molecule has 2 nitrogen and oxygen atoms in total. The summed E-state index contributed by atoms with van der Waals surface area (Å²) in [5.74, 6) is 0.981. The summed E-state index contributed by atoms with van der Waals surface area (Å²) in [6, 6.07) is 0. The second kappa shape index (κ2) is 9.28. The zero-order valence-electron chi connectivity index (χ0n) is 19.6. The first-order valence-electron chi connectivity index (χ1n) is 12.1. The predicted molar refractivity (Wildman–Crippen MR) is 123 cm³/mol. The van der Waals surface area contributed by atoms with Crippen LogP contribution in [0.15, 0.2) is 35.5 Å². The quantitative estimate of drug-likeness (QED) is 0.505. The van der Waals surface area contributed by atoms with Gasteiger partial charge in [0.15, 0.2) is 0 Å². The van der Waals surface area contributed by atoms with Crippen molar-refractivity contribution in [2.24, 2.45) is 23.2 Å². The van der Waals surface area contributed by atoms with E-state index in [4.69, 9.17) is 0 Å². The zero-order chi connectivity index (χ0) is 22.1. The van der Waals surface area contributed by atoms with E-state index in [-0.39, 0.29) is 17.4 Å². The monoisotopic (exact) mass is 418 g/mol. The Morgan fingerprint density at radius 3 is 2.67 bits per heavy atom. The smallest absolute Gasteiger partial charge is 0.103 e. The minimum absolute atomic E-state index is 0.0355. The van der Waals surface area contributed by atoms with Crippen LogP contribution in [0.3, 0.4) is 0 Å². The molecule has 0 saturated heterocycles. The number of allylic oxidation sites excluding steroid dienone is 4. The molecule has 170 valence electrons. The van der Waals surface area contributed by atoms with Crippen LogP contribution >= 0.6 is 0 Å². The minimum Gasteiger partial charge on any atom is -0.393 e. The normalized spacial score (nSPS) is 37.4. The average Bonchev–Trinajstić information content (AvgIpc) is 3.03. The molecule has 0 radical (unpaired) electrons. The van der Waals surface area contributed by atoms with Crippen LogP contribution in [-0.4, -0.2) is 28.1 Å². The van der Waals surface area contributed by atoms with E-state index < -0.39 is 11.8 Å². The number of halogens is 1. The van der Waals surface area contributed by atoms with E-state index in [0.717, 1.165) is 38.5 Å². The highest BCUT2D eigenvalue weighted by Gasteiger charge is 2.51. The molecule has 0 aromatic rings. The van der Waals surface area contributed by atoms with Gasteiger partial charge in [0.1, 0.15) is 6.17 Å². The summed E-state index contributed by atoms with van der Waals surface area (Å²) >= 11 is 0. The molecule has 6 atom stereocenters. The zero-order valence-corrected chi connectivity index (χ0v) is 19.6. The molecule has 3 aliphatic carbocycles. The van der Waals surface area contributed by atoms with Crippen LogP contribution < -0.4 is 0 Å². The van der Waals surface area contributed by atoms with Gasteiger partial charge >= 0.3 is 0 Å². The molecule has 0 amide bonds. The first kappa shape index (κ1) is 23.7. The van der Waals surface area contributed by atoms with Crippen molar-refractivity contribution in [1.29, 1.82) is 0 Å². The van der Waals surface area contributed by atoms with Crippen LogP contribution in [0.2, 0.25) is 0 Å². The van der Waals surface area contributed by atoms with Crippen molar-refractivity contribution in [3.8, 4) is 0 Å². The Balaban J connectivity index is 1.72. The summed E-state index contributed by atoms with van der Waals surface area (Å²) in [6.07, 6.45) is 12.6. The topological polar surface area (TPSA) is 40.5 Å². The Morgan fingerprint density at radius 1 is 1.23 bits per heavy atom. The molecule has 0 bridgehead atoms. The van der Waals surface area contributed by atoms with Crippen molar-refractivity contribution in [2.45, 2.75) is 110 Å². The minimum atomic E-state index is -0.847. The van der Waals surface area contributed by atoms with Gasteiger partial charge in [0, 0.05) is 0 Å². The van der Waals surface area contributed by atoms with E-state index in [1.54, 1.807) is 13.8 Å². The molecule has 3 rings (SSSR count). The third-order valence-corrected chi connectivity index (χ3v) is 8.46. The summed E-state index contributed by atoms with van der Waals surface area (Å²) in [6.45, 7) is 12.2. The van der Waals surface area contributed by atoms with Gasteiger partial charge in [-0.2, -0.15) is 0 Å². The molecule has 0 aromatic heterocycles. The molecule has 3 fully saturated rings. The van der Waals surface area contributed by atoms with Gasteiger partial charge in [-0.1, -0.05) is 43.7 Å². The average molecular weight is 419 g/mol. The van der Waals surface area contributed by atoms with Crippen molar-refractivity contribution < 1.29 is 14.6 Å². The summed E-state index contributed by atoms with van der Waals surface area (Å²) in [7, 11) is 0. The van der Waals surface area contributed by atoms with E-state index in [1.165, 1.54) is 29.6 Å². The van der Waals surface area contributed by atoms with Gasteiger partial charge in [0.25, 0.3) is 0 Å². The lowest BCUT2D eigenvalue weighted by Gasteiger charge is -2.45. The molecule has 0 unspecified atom stereocenters. The second-order valence-electron chi connectivity index (χ2n) is 11.3. The number of aliphatic hydroxyl groups is 2. The summed E-state index contributed by atoms with van der Waals surface area (Å²) in [5, 5.41) is 20.0. The Kier molecular flexibility index (Phi) is 7.34. The number of hydrogen-bond donors (Lipinski definition) is 2. The first-order valence-corrected chi connectivity index (χ1v) is 12.1. The van der Waals surface area contributed by atoms with Gasteiger partial charge in [-0.25, -0.2) is 4.39 Å². The van der Waals surface area contributed by atoms with Gasteiger partial charge < -0.3 is 10.2 Å². The highest BCUT2D eigenvalue weighted by Crippen LogP contribution is 2.60. The molecule has 0 heterocycles. The predicted octanol–water partition coefficient (Wildman–Crippen LogP) is 6.68. The van der Waals surface area contributed by atoms with Gasteiger partial charge in [-0.3, -0.25) is 0 Å². The summed E-state index contributed by atoms with van der Waals surface area (Å²) in [4.78, 5) is 0. The molecule has 0 aromatic carbocycles. The summed E-state index contributed by atoms with van der Waals surface area (Å²) in [5.41, 5.74) is 3.26. The van der Waals surface area contributed by atoms with Crippen molar-refractivity contribution in [3.63, 3.8) is 0 Å². The fourth-order valence-corrected chi connectivity index (χ4v) is 6.54. The van der Waals surface area contributed by atoms with E-state index >= 15 is 4.39 Å². The maximum Gasteiger partial charge on any atom is 0.103 e. The molecular weight excluding hydrogens is 375 g/mol. The van der Waals surface area contributed by atoms with Crippen LogP contribution in [0.1, 0.15) is 91.9 Å². The standard InChI is InChI=1S/C27H43FO2/c1-18-8-11-22(29)17-21(18)10-9-20-7-6-15-27(5)23(12-13-24(20)27)19(2)25(28)14-16-26(3,4)30/h9-10,19,22-25,29-30H,1,6-8,11-17H2,2-5H3/b20-9+,21-10-/t19-,22-,23+,24-,25-,27+/m0/s1. The second-order valence-corrected chi connectivity index (χ2v) is 11.3. The van der Waals surface area contributed by atoms with E-state index in [9.17, 15) is 10.2 Å². The van der Waals surface area contributed by atoms with Crippen LogP contribution in [0, 0.1) is 23.2 Å². The van der Waals surface area contributed by atoms with Gasteiger partial charge in [0.2, 0.25) is 0 Å². The fourth-order valence-electron chi connectivity index (χ4n) is 6.54. The largest absolute Gasteiger partial charge is 0.393 e. The Morgan fingerprint density at radius 2 is 1.97 bits per heavy atom. The molecule has 30 heavy (non-hydrogen) atoms. The number of hydrogen-bond acceptors (Lipinski definition) is 2. The maximum absolute atomic E-state index is 15.1. The molecule has 3 heteroatoms. The lowest BCUT2D eigenvalue weighted by Crippen LogP contribution is -2.38. The first-order chi connectivity index (χ1) is 14.0. The molecule has 0 spiro atoms. The fraction of sp³-hybridized carbons (Fsp3) is 0.778. The van der Waals surface area contributed by atoms with E-state index in [1.807, 2.05) is 0 Å².